The number of halogens is 1. The van der Waals surface area contributed by atoms with Crippen molar-refractivity contribution in [3.05, 3.63) is 38.7 Å². The lowest BCUT2D eigenvalue weighted by molar-refractivity contribution is -0.000651. The van der Waals surface area contributed by atoms with E-state index in [1.807, 2.05) is 6.07 Å². The molecule has 0 atom stereocenters. The van der Waals surface area contributed by atoms with Crippen molar-refractivity contribution in [2.75, 3.05) is 32.8 Å². The van der Waals surface area contributed by atoms with Crippen molar-refractivity contribution in [1.82, 2.24) is 19.8 Å². The van der Waals surface area contributed by atoms with E-state index in [1.165, 1.54) is 19.3 Å². The molecule has 160 valence electrons. The SMILES string of the molecule is O=C(NC1CC2(CCC2)C1)c1cc2cc(Br)cnc2n(CCN2CCOCC2)c1=O. The van der Waals surface area contributed by atoms with E-state index in [4.69, 9.17) is 4.74 Å². The van der Waals surface area contributed by atoms with Crippen LogP contribution in [-0.2, 0) is 11.3 Å². The van der Waals surface area contributed by atoms with E-state index in [9.17, 15) is 9.59 Å². The second kappa shape index (κ2) is 8.05. The lowest BCUT2D eigenvalue weighted by Gasteiger charge is -2.54. The van der Waals surface area contributed by atoms with E-state index >= 15 is 0 Å². The second-order valence-electron chi connectivity index (χ2n) is 8.97. The number of carbonyl (C=O) groups excluding carboxylic acids is 1. The maximum absolute atomic E-state index is 13.3. The highest BCUT2D eigenvalue weighted by molar-refractivity contribution is 9.10. The molecule has 3 aliphatic rings. The first-order valence-electron chi connectivity index (χ1n) is 10.8. The molecule has 0 unspecified atom stereocenters. The first-order chi connectivity index (χ1) is 14.5. The molecule has 5 rings (SSSR count). The summed E-state index contributed by atoms with van der Waals surface area (Å²) < 4.78 is 7.89. The zero-order chi connectivity index (χ0) is 20.7. The van der Waals surface area contributed by atoms with Crippen molar-refractivity contribution in [3.8, 4) is 0 Å². The van der Waals surface area contributed by atoms with Crippen molar-refractivity contribution >= 4 is 32.9 Å². The van der Waals surface area contributed by atoms with Gasteiger partial charge in [-0.05, 0) is 59.2 Å². The summed E-state index contributed by atoms with van der Waals surface area (Å²) in [6.45, 7) is 4.37. The highest BCUT2D eigenvalue weighted by atomic mass is 79.9. The number of nitrogens with zero attached hydrogens (tertiary/aromatic N) is 3. The Morgan fingerprint density at radius 3 is 2.70 bits per heavy atom. The second-order valence-corrected chi connectivity index (χ2v) is 9.88. The molecule has 2 aromatic heterocycles. The molecule has 1 spiro atoms. The van der Waals surface area contributed by atoms with Crippen LogP contribution in [-0.4, -0.2) is 59.2 Å². The van der Waals surface area contributed by atoms with Crippen LogP contribution >= 0.6 is 15.9 Å². The molecule has 0 bridgehead atoms. The number of carbonyl (C=O) groups is 1. The lowest BCUT2D eigenvalue weighted by Crippen LogP contribution is -2.54. The molecule has 7 nitrogen and oxygen atoms in total. The predicted molar refractivity (Wildman–Crippen MR) is 118 cm³/mol. The van der Waals surface area contributed by atoms with Gasteiger partial charge >= 0.3 is 0 Å². The summed E-state index contributed by atoms with van der Waals surface area (Å²) in [5, 5.41) is 3.89. The number of hydrogen-bond donors (Lipinski definition) is 1. The number of hydrogen-bond acceptors (Lipinski definition) is 5. The van der Waals surface area contributed by atoms with Crippen LogP contribution in [0, 0.1) is 5.41 Å². The Labute approximate surface area is 183 Å². The number of amides is 1. The van der Waals surface area contributed by atoms with Gasteiger partial charge in [-0.25, -0.2) is 4.98 Å². The van der Waals surface area contributed by atoms with E-state index in [1.54, 1.807) is 16.8 Å². The Hall–Kier alpha value is -1.77. The first-order valence-corrected chi connectivity index (χ1v) is 11.6. The van der Waals surface area contributed by atoms with Crippen LogP contribution in [0.1, 0.15) is 42.5 Å². The third-order valence-corrected chi connectivity index (χ3v) is 7.42. The zero-order valence-electron chi connectivity index (χ0n) is 17.0. The first kappa shape index (κ1) is 20.2. The van der Waals surface area contributed by atoms with Crippen LogP contribution in [0.25, 0.3) is 11.0 Å². The summed E-state index contributed by atoms with van der Waals surface area (Å²) in [6.07, 6.45) is 7.66. The number of nitrogens with one attached hydrogen (secondary N) is 1. The molecule has 1 N–H and O–H groups in total. The molecule has 30 heavy (non-hydrogen) atoms. The number of morpholine rings is 1. The quantitative estimate of drug-likeness (QED) is 0.720. The highest BCUT2D eigenvalue weighted by Crippen LogP contribution is 2.55. The van der Waals surface area contributed by atoms with Crippen LogP contribution in [0.4, 0.5) is 0 Å². The fraction of sp³-hybridized carbons (Fsp3) is 0.591. The smallest absolute Gasteiger partial charge is 0.265 e. The van der Waals surface area contributed by atoms with E-state index in [2.05, 4.69) is 31.1 Å². The van der Waals surface area contributed by atoms with Gasteiger partial charge in [0.25, 0.3) is 11.5 Å². The molecule has 2 aliphatic carbocycles. The topological polar surface area (TPSA) is 76.5 Å². The van der Waals surface area contributed by atoms with Gasteiger partial charge < -0.3 is 10.1 Å². The molecule has 2 saturated carbocycles. The van der Waals surface area contributed by atoms with Crippen LogP contribution in [0.15, 0.2) is 27.6 Å². The minimum Gasteiger partial charge on any atom is -0.379 e. The largest absolute Gasteiger partial charge is 0.379 e. The van der Waals surface area contributed by atoms with Gasteiger partial charge in [-0.3, -0.25) is 19.1 Å². The fourth-order valence-corrected chi connectivity index (χ4v) is 5.46. The van der Waals surface area contributed by atoms with Crippen molar-refractivity contribution < 1.29 is 9.53 Å². The Kier molecular flexibility index (Phi) is 5.41. The van der Waals surface area contributed by atoms with E-state index < -0.39 is 0 Å². The Morgan fingerprint density at radius 2 is 2.00 bits per heavy atom. The van der Waals surface area contributed by atoms with Gasteiger partial charge in [0, 0.05) is 48.3 Å². The molecule has 0 radical (unpaired) electrons. The maximum Gasteiger partial charge on any atom is 0.265 e. The number of pyridine rings is 2. The molecule has 3 heterocycles. The minimum absolute atomic E-state index is 0.190. The van der Waals surface area contributed by atoms with Crippen LogP contribution in [0.3, 0.4) is 0 Å². The number of fused-ring (bicyclic) bond motifs is 1. The summed E-state index contributed by atoms with van der Waals surface area (Å²) in [6, 6.07) is 3.79. The summed E-state index contributed by atoms with van der Waals surface area (Å²) in [4.78, 5) is 33.0. The van der Waals surface area contributed by atoms with Gasteiger partial charge in [0.15, 0.2) is 0 Å². The number of aromatic nitrogens is 2. The molecule has 3 fully saturated rings. The summed E-state index contributed by atoms with van der Waals surface area (Å²) >= 11 is 3.45. The third-order valence-electron chi connectivity index (χ3n) is 6.99. The van der Waals surface area contributed by atoms with Crippen LogP contribution < -0.4 is 10.9 Å². The van der Waals surface area contributed by atoms with Crippen molar-refractivity contribution in [2.45, 2.75) is 44.7 Å². The van der Waals surface area contributed by atoms with E-state index in [0.717, 1.165) is 42.3 Å². The monoisotopic (exact) mass is 474 g/mol. The summed E-state index contributed by atoms with van der Waals surface area (Å²) in [7, 11) is 0. The van der Waals surface area contributed by atoms with Gasteiger partial charge in [-0.1, -0.05) is 6.42 Å². The molecular formula is C22H27BrN4O3. The highest BCUT2D eigenvalue weighted by Gasteiger charge is 2.48. The fourth-order valence-electron chi connectivity index (χ4n) is 5.11. The predicted octanol–water partition coefficient (Wildman–Crippen LogP) is 2.55. The Bertz CT molecular complexity index is 1020. The van der Waals surface area contributed by atoms with Gasteiger partial charge in [0.2, 0.25) is 0 Å². The van der Waals surface area contributed by atoms with Gasteiger partial charge in [0.1, 0.15) is 11.2 Å². The molecule has 1 amide bonds. The van der Waals surface area contributed by atoms with Crippen molar-refractivity contribution in [1.29, 1.82) is 0 Å². The summed E-state index contributed by atoms with van der Waals surface area (Å²) in [5.41, 5.74) is 1.04. The average molecular weight is 475 g/mol. The van der Waals surface area contributed by atoms with Crippen LogP contribution in [0.5, 0.6) is 0 Å². The van der Waals surface area contributed by atoms with Crippen molar-refractivity contribution in [2.24, 2.45) is 5.41 Å². The molecule has 1 saturated heterocycles. The normalized spacial score (nSPS) is 21.4. The third kappa shape index (κ3) is 3.81. The zero-order valence-corrected chi connectivity index (χ0v) is 18.6. The molecule has 1 aliphatic heterocycles. The van der Waals surface area contributed by atoms with Gasteiger partial charge in [0.05, 0.1) is 13.2 Å². The van der Waals surface area contributed by atoms with Gasteiger partial charge in [-0.2, -0.15) is 0 Å². The average Bonchev–Trinajstić information content (AvgIpc) is 2.68. The Balaban J connectivity index is 1.40. The molecule has 8 heteroatoms. The lowest BCUT2D eigenvalue weighted by atomic mass is 9.54. The summed E-state index contributed by atoms with van der Waals surface area (Å²) in [5.74, 6) is -0.263. The standard InChI is InChI=1S/C22H27BrN4O3/c23-16-10-15-11-18(20(28)25-17-12-22(13-17)2-1-3-22)21(29)27(19(15)24-14-16)5-4-26-6-8-30-9-7-26/h10-11,14,17H,1-9,12-13H2,(H,25,28). The molecular weight excluding hydrogens is 448 g/mol. The molecule has 2 aromatic rings. The molecule has 0 aromatic carbocycles. The van der Waals surface area contributed by atoms with E-state index in [0.29, 0.717) is 30.8 Å². The van der Waals surface area contributed by atoms with Crippen LogP contribution in [0.2, 0.25) is 0 Å². The number of ether oxygens (including phenoxy) is 1. The number of rotatable bonds is 5. The van der Waals surface area contributed by atoms with E-state index in [-0.39, 0.29) is 23.1 Å². The van der Waals surface area contributed by atoms with Gasteiger partial charge in [-0.15, -0.1) is 0 Å². The maximum atomic E-state index is 13.3. The Morgan fingerprint density at radius 1 is 1.23 bits per heavy atom. The van der Waals surface area contributed by atoms with Crippen molar-refractivity contribution in [3.63, 3.8) is 0 Å². The minimum atomic E-state index is -0.263.